The highest BCUT2D eigenvalue weighted by atomic mass is 19.1. The molecular weight excluding hydrogens is 237 g/mol. The maximum absolute atomic E-state index is 13.3. The second-order valence-electron chi connectivity index (χ2n) is 4.38. The molecule has 2 N–H and O–H groups in total. The number of carboxylic acid groups (broad SMARTS) is 1. The van der Waals surface area contributed by atoms with Crippen LogP contribution in [-0.2, 0) is 16.1 Å². The summed E-state index contributed by atoms with van der Waals surface area (Å²) in [5.41, 5.74) is 0.602. The van der Waals surface area contributed by atoms with Crippen LogP contribution < -0.4 is 5.32 Å². The molecule has 1 aliphatic rings. The molecule has 0 aliphatic carbocycles. The van der Waals surface area contributed by atoms with Gasteiger partial charge in [-0.25, -0.2) is 9.18 Å². The number of hydrogen-bond acceptors (Lipinski definition) is 3. The van der Waals surface area contributed by atoms with E-state index < -0.39 is 12.1 Å². The second-order valence-corrected chi connectivity index (χ2v) is 4.38. The first-order chi connectivity index (χ1) is 8.66. The molecular formula is C13H16FNO3. The lowest BCUT2D eigenvalue weighted by Gasteiger charge is -2.12. The van der Waals surface area contributed by atoms with Crippen molar-refractivity contribution >= 4 is 5.97 Å². The van der Waals surface area contributed by atoms with Crippen LogP contribution in [0.3, 0.4) is 0 Å². The Morgan fingerprint density at radius 3 is 2.89 bits per heavy atom. The normalized spacial score (nSPS) is 23.2. The van der Waals surface area contributed by atoms with Gasteiger partial charge < -0.3 is 15.2 Å². The minimum absolute atomic E-state index is 0.0992. The standard InChI is InChI=1S/C13H16FNO3/c14-11-4-2-1-3-9(11)7-15-8-10-5-6-12(18-10)13(16)17/h1-4,10,12,15H,5-8H2,(H,16,17). The first-order valence-corrected chi connectivity index (χ1v) is 5.99. The average molecular weight is 253 g/mol. The zero-order valence-electron chi connectivity index (χ0n) is 9.93. The van der Waals surface area contributed by atoms with E-state index in [2.05, 4.69) is 5.32 Å². The first-order valence-electron chi connectivity index (χ1n) is 5.99. The van der Waals surface area contributed by atoms with E-state index in [1.54, 1.807) is 18.2 Å². The number of benzene rings is 1. The largest absolute Gasteiger partial charge is 0.479 e. The summed E-state index contributed by atoms with van der Waals surface area (Å²) < 4.78 is 18.6. The zero-order chi connectivity index (χ0) is 13.0. The number of nitrogens with one attached hydrogen (secondary N) is 1. The van der Waals surface area contributed by atoms with Gasteiger partial charge in [0.05, 0.1) is 6.10 Å². The van der Waals surface area contributed by atoms with E-state index in [0.29, 0.717) is 25.1 Å². The molecule has 1 aromatic rings. The van der Waals surface area contributed by atoms with Gasteiger partial charge in [-0.05, 0) is 18.9 Å². The fourth-order valence-corrected chi connectivity index (χ4v) is 2.05. The van der Waals surface area contributed by atoms with Gasteiger partial charge in [0.1, 0.15) is 5.82 Å². The van der Waals surface area contributed by atoms with Gasteiger partial charge in [0.15, 0.2) is 6.10 Å². The van der Waals surface area contributed by atoms with Crippen molar-refractivity contribution in [3.8, 4) is 0 Å². The molecule has 2 atom stereocenters. The van der Waals surface area contributed by atoms with Crippen LogP contribution in [-0.4, -0.2) is 29.8 Å². The Labute approximate surface area is 105 Å². The van der Waals surface area contributed by atoms with Crippen molar-refractivity contribution in [2.75, 3.05) is 6.54 Å². The molecule has 0 aromatic heterocycles. The van der Waals surface area contributed by atoms with Crippen molar-refractivity contribution in [3.05, 3.63) is 35.6 Å². The van der Waals surface area contributed by atoms with Gasteiger partial charge in [0.25, 0.3) is 0 Å². The predicted octanol–water partition coefficient (Wildman–Crippen LogP) is 1.55. The molecule has 1 aromatic carbocycles. The Balaban J connectivity index is 1.74. The number of carboxylic acids is 1. The molecule has 0 radical (unpaired) electrons. The molecule has 0 spiro atoms. The van der Waals surface area contributed by atoms with E-state index in [4.69, 9.17) is 9.84 Å². The maximum atomic E-state index is 13.3. The van der Waals surface area contributed by atoms with Gasteiger partial charge in [-0.3, -0.25) is 0 Å². The minimum atomic E-state index is -0.911. The van der Waals surface area contributed by atoms with Crippen molar-refractivity contribution in [1.82, 2.24) is 5.32 Å². The van der Waals surface area contributed by atoms with E-state index in [-0.39, 0.29) is 11.9 Å². The van der Waals surface area contributed by atoms with Gasteiger partial charge >= 0.3 is 5.97 Å². The van der Waals surface area contributed by atoms with Crippen molar-refractivity contribution < 1.29 is 19.0 Å². The Hall–Kier alpha value is -1.46. The third-order valence-electron chi connectivity index (χ3n) is 3.03. The van der Waals surface area contributed by atoms with Crippen LogP contribution in [0.5, 0.6) is 0 Å². The smallest absolute Gasteiger partial charge is 0.332 e. The van der Waals surface area contributed by atoms with Crippen molar-refractivity contribution in [3.63, 3.8) is 0 Å². The molecule has 1 saturated heterocycles. The van der Waals surface area contributed by atoms with Gasteiger partial charge in [-0.15, -0.1) is 0 Å². The lowest BCUT2D eigenvalue weighted by molar-refractivity contribution is -0.149. The predicted molar refractivity (Wildman–Crippen MR) is 63.6 cm³/mol. The van der Waals surface area contributed by atoms with Gasteiger partial charge in [-0.1, -0.05) is 18.2 Å². The third-order valence-corrected chi connectivity index (χ3v) is 3.03. The second kappa shape index (κ2) is 5.93. The molecule has 0 bridgehead atoms. The summed E-state index contributed by atoms with van der Waals surface area (Å²) in [4.78, 5) is 10.7. The van der Waals surface area contributed by atoms with Crippen LogP contribution in [0.25, 0.3) is 0 Å². The molecule has 5 heteroatoms. The average Bonchev–Trinajstić information content (AvgIpc) is 2.80. The molecule has 0 saturated carbocycles. The molecule has 18 heavy (non-hydrogen) atoms. The van der Waals surface area contributed by atoms with Gasteiger partial charge in [-0.2, -0.15) is 0 Å². The first kappa shape index (κ1) is 13.0. The van der Waals surface area contributed by atoms with Crippen LogP contribution in [0.2, 0.25) is 0 Å². The summed E-state index contributed by atoms with van der Waals surface area (Å²) in [5.74, 6) is -1.15. The molecule has 1 aliphatic heterocycles. The van der Waals surface area contributed by atoms with Crippen LogP contribution >= 0.6 is 0 Å². The van der Waals surface area contributed by atoms with Crippen LogP contribution in [0.4, 0.5) is 4.39 Å². The van der Waals surface area contributed by atoms with E-state index in [1.165, 1.54) is 6.07 Å². The lowest BCUT2D eigenvalue weighted by Crippen LogP contribution is -2.28. The molecule has 4 nitrogen and oxygen atoms in total. The van der Waals surface area contributed by atoms with Crippen molar-refractivity contribution in [2.24, 2.45) is 0 Å². The van der Waals surface area contributed by atoms with Crippen LogP contribution in [0, 0.1) is 5.82 Å². The Bertz CT molecular complexity index is 424. The molecule has 1 fully saturated rings. The quantitative estimate of drug-likeness (QED) is 0.836. The topological polar surface area (TPSA) is 58.6 Å². The lowest BCUT2D eigenvalue weighted by atomic mass is 10.2. The summed E-state index contributed by atoms with van der Waals surface area (Å²) in [7, 11) is 0. The highest BCUT2D eigenvalue weighted by Crippen LogP contribution is 2.19. The highest BCUT2D eigenvalue weighted by Gasteiger charge is 2.29. The van der Waals surface area contributed by atoms with Gasteiger partial charge in [0, 0.05) is 18.7 Å². The van der Waals surface area contributed by atoms with E-state index >= 15 is 0 Å². The number of halogens is 1. The van der Waals surface area contributed by atoms with E-state index in [0.717, 1.165) is 6.42 Å². The fraction of sp³-hybridized carbons (Fsp3) is 0.462. The molecule has 2 rings (SSSR count). The van der Waals surface area contributed by atoms with Crippen LogP contribution in [0.15, 0.2) is 24.3 Å². The minimum Gasteiger partial charge on any atom is -0.479 e. The fourth-order valence-electron chi connectivity index (χ4n) is 2.05. The summed E-state index contributed by atoms with van der Waals surface area (Å²) in [6.45, 7) is 0.961. The maximum Gasteiger partial charge on any atom is 0.332 e. The van der Waals surface area contributed by atoms with Crippen molar-refractivity contribution in [1.29, 1.82) is 0 Å². The molecule has 0 amide bonds. The Morgan fingerprint density at radius 1 is 1.44 bits per heavy atom. The summed E-state index contributed by atoms with van der Waals surface area (Å²) >= 11 is 0. The monoisotopic (exact) mass is 253 g/mol. The van der Waals surface area contributed by atoms with Gasteiger partial charge in [0.2, 0.25) is 0 Å². The number of hydrogen-bond donors (Lipinski definition) is 2. The molecule has 2 unspecified atom stereocenters. The number of carbonyl (C=O) groups is 1. The van der Waals surface area contributed by atoms with Crippen LogP contribution in [0.1, 0.15) is 18.4 Å². The zero-order valence-corrected chi connectivity index (χ0v) is 9.93. The van der Waals surface area contributed by atoms with E-state index in [1.807, 2.05) is 0 Å². The number of rotatable bonds is 5. The SMILES string of the molecule is O=C(O)C1CCC(CNCc2ccccc2F)O1. The Kier molecular flexibility index (Phi) is 4.28. The molecule has 98 valence electrons. The third kappa shape index (κ3) is 3.27. The summed E-state index contributed by atoms with van der Waals surface area (Å²) in [6, 6.07) is 6.57. The number of aliphatic carboxylic acids is 1. The number of ether oxygens (including phenoxy) is 1. The highest BCUT2D eigenvalue weighted by molar-refractivity contribution is 5.72. The summed E-state index contributed by atoms with van der Waals surface area (Å²) in [5, 5.41) is 11.9. The van der Waals surface area contributed by atoms with Crippen molar-refractivity contribution in [2.45, 2.75) is 31.6 Å². The van der Waals surface area contributed by atoms with E-state index in [9.17, 15) is 9.18 Å². The molecule has 1 heterocycles. The summed E-state index contributed by atoms with van der Waals surface area (Å²) in [6.07, 6.45) is 0.478. The Morgan fingerprint density at radius 2 is 2.22 bits per heavy atom.